The van der Waals surface area contributed by atoms with E-state index in [0.29, 0.717) is 23.7 Å². The molecule has 5 nitrogen and oxygen atoms in total. The van der Waals surface area contributed by atoms with Crippen LogP contribution in [0.3, 0.4) is 0 Å². The number of carbonyl (C=O) groups is 1. The molecule has 0 spiro atoms. The number of thiophene rings is 1. The molecule has 0 bridgehead atoms. The van der Waals surface area contributed by atoms with Crippen molar-refractivity contribution in [3.8, 4) is 11.3 Å². The molecule has 31 heavy (non-hydrogen) atoms. The molecule has 2 aromatic heterocycles. The maximum atomic E-state index is 13.2. The Morgan fingerprint density at radius 3 is 2.35 bits per heavy atom. The van der Waals surface area contributed by atoms with E-state index in [-0.39, 0.29) is 5.91 Å². The molecular weight excluding hydrogens is 404 g/mol. The van der Waals surface area contributed by atoms with Crippen LogP contribution in [0.5, 0.6) is 0 Å². The summed E-state index contributed by atoms with van der Waals surface area (Å²) in [5.74, 6) is 0.00472. The van der Waals surface area contributed by atoms with Crippen molar-refractivity contribution in [1.82, 2.24) is 9.88 Å². The first kappa shape index (κ1) is 19.6. The van der Waals surface area contributed by atoms with Gasteiger partial charge in [0.2, 0.25) is 0 Å². The van der Waals surface area contributed by atoms with Gasteiger partial charge >= 0.3 is 0 Å². The van der Waals surface area contributed by atoms with E-state index in [0.717, 1.165) is 34.6 Å². The van der Waals surface area contributed by atoms with Crippen LogP contribution in [0.1, 0.15) is 15.2 Å². The normalized spacial score (nSPS) is 14.2. The van der Waals surface area contributed by atoms with Crippen LogP contribution in [0.25, 0.3) is 21.5 Å². The Morgan fingerprint density at radius 1 is 0.935 bits per heavy atom. The Kier molecular flexibility index (Phi) is 5.08. The molecule has 0 atom stereocenters. The molecule has 1 fully saturated rings. The topological polar surface area (TPSA) is 62.5 Å². The standard InChI is InChI=1S/C25H24N4OS/c1-17-7-9-18(10-8-17)21-12-11-20-22(26)23(31-24(20)27-21)25(30)29-15-13-28(14-16-29)19-5-3-2-4-6-19/h2-12H,13-16,26H2,1H3. The highest BCUT2D eigenvalue weighted by Crippen LogP contribution is 2.35. The number of aryl methyl sites for hydroxylation is 1. The molecule has 5 rings (SSSR count). The molecule has 0 aliphatic carbocycles. The van der Waals surface area contributed by atoms with Crippen molar-refractivity contribution < 1.29 is 4.79 Å². The molecule has 3 heterocycles. The molecule has 1 amide bonds. The van der Waals surface area contributed by atoms with Crippen LogP contribution < -0.4 is 10.6 Å². The molecule has 0 saturated carbocycles. The van der Waals surface area contributed by atoms with E-state index in [4.69, 9.17) is 10.7 Å². The number of anilines is 2. The predicted molar refractivity (Wildman–Crippen MR) is 129 cm³/mol. The van der Waals surface area contributed by atoms with Crippen molar-refractivity contribution in [2.75, 3.05) is 36.8 Å². The summed E-state index contributed by atoms with van der Waals surface area (Å²) in [6.07, 6.45) is 0. The third-order valence-corrected chi connectivity index (χ3v) is 6.93. The zero-order chi connectivity index (χ0) is 21.4. The fraction of sp³-hybridized carbons (Fsp3) is 0.200. The average molecular weight is 429 g/mol. The van der Waals surface area contributed by atoms with Crippen LogP contribution in [-0.2, 0) is 0 Å². The van der Waals surface area contributed by atoms with E-state index in [1.165, 1.54) is 22.6 Å². The first-order chi connectivity index (χ1) is 15.1. The molecule has 0 unspecified atom stereocenters. The van der Waals surface area contributed by atoms with Crippen LogP contribution in [-0.4, -0.2) is 42.0 Å². The lowest BCUT2D eigenvalue weighted by Gasteiger charge is -2.36. The van der Waals surface area contributed by atoms with Crippen molar-refractivity contribution in [3.05, 3.63) is 77.2 Å². The highest BCUT2D eigenvalue weighted by molar-refractivity contribution is 7.21. The second kappa shape index (κ2) is 8.04. The summed E-state index contributed by atoms with van der Waals surface area (Å²) in [6, 6.07) is 22.6. The number of nitrogen functional groups attached to an aromatic ring is 1. The number of para-hydroxylation sites is 1. The SMILES string of the molecule is Cc1ccc(-c2ccc3c(N)c(C(=O)N4CCN(c5ccccc5)CC4)sc3n2)cc1. The van der Waals surface area contributed by atoms with E-state index in [1.807, 2.05) is 35.2 Å². The third-order valence-electron chi connectivity index (χ3n) is 5.82. The molecule has 2 aromatic carbocycles. The van der Waals surface area contributed by atoms with E-state index in [9.17, 15) is 4.79 Å². The number of aromatic nitrogens is 1. The maximum Gasteiger partial charge on any atom is 0.266 e. The van der Waals surface area contributed by atoms with Gasteiger partial charge in [-0.2, -0.15) is 0 Å². The first-order valence-electron chi connectivity index (χ1n) is 10.5. The first-order valence-corrected chi connectivity index (χ1v) is 11.3. The number of hydrogen-bond acceptors (Lipinski definition) is 5. The summed E-state index contributed by atoms with van der Waals surface area (Å²) < 4.78 is 0. The van der Waals surface area contributed by atoms with E-state index in [1.54, 1.807) is 0 Å². The van der Waals surface area contributed by atoms with Crippen molar-refractivity contribution in [2.45, 2.75) is 6.92 Å². The Hall–Kier alpha value is -3.38. The lowest BCUT2D eigenvalue weighted by molar-refractivity contribution is 0.0752. The van der Waals surface area contributed by atoms with Gasteiger partial charge in [-0.05, 0) is 31.2 Å². The fourth-order valence-corrected chi connectivity index (χ4v) is 5.05. The molecule has 1 saturated heterocycles. The monoisotopic (exact) mass is 428 g/mol. The van der Waals surface area contributed by atoms with Gasteiger partial charge in [0.15, 0.2) is 0 Å². The molecule has 2 N–H and O–H groups in total. The minimum absolute atomic E-state index is 0.00472. The van der Waals surface area contributed by atoms with E-state index >= 15 is 0 Å². The lowest BCUT2D eigenvalue weighted by Crippen LogP contribution is -2.48. The molecule has 4 aromatic rings. The second-order valence-electron chi connectivity index (χ2n) is 7.87. The number of piperazine rings is 1. The largest absolute Gasteiger partial charge is 0.397 e. The zero-order valence-electron chi connectivity index (χ0n) is 17.4. The number of carbonyl (C=O) groups excluding carboxylic acids is 1. The van der Waals surface area contributed by atoms with Gasteiger partial charge in [0.1, 0.15) is 9.71 Å². The van der Waals surface area contributed by atoms with Gasteiger partial charge in [-0.15, -0.1) is 11.3 Å². The van der Waals surface area contributed by atoms with Crippen molar-refractivity contribution in [3.63, 3.8) is 0 Å². The van der Waals surface area contributed by atoms with Gasteiger partial charge in [0.05, 0.1) is 11.4 Å². The number of benzene rings is 2. The van der Waals surface area contributed by atoms with Gasteiger partial charge in [-0.25, -0.2) is 4.98 Å². The summed E-state index contributed by atoms with van der Waals surface area (Å²) in [7, 11) is 0. The van der Waals surface area contributed by atoms with Crippen LogP contribution in [0.2, 0.25) is 0 Å². The highest BCUT2D eigenvalue weighted by Gasteiger charge is 2.26. The second-order valence-corrected chi connectivity index (χ2v) is 8.87. The Balaban J connectivity index is 1.36. The average Bonchev–Trinajstić information content (AvgIpc) is 3.15. The van der Waals surface area contributed by atoms with Gasteiger partial charge < -0.3 is 15.5 Å². The number of hydrogen-bond donors (Lipinski definition) is 1. The van der Waals surface area contributed by atoms with Crippen molar-refractivity contribution >= 4 is 38.8 Å². The molecule has 6 heteroatoms. The summed E-state index contributed by atoms with van der Waals surface area (Å²) in [5, 5.41) is 0.854. The number of pyridine rings is 1. The Morgan fingerprint density at radius 2 is 1.65 bits per heavy atom. The van der Waals surface area contributed by atoms with Crippen LogP contribution in [0.15, 0.2) is 66.7 Å². The molecular formula is C25H24N4OS. The number of rotatable bonds is 3. The zero-order valence-corrected chi connectivity index (χ0v) is 18.2. The number of fused-ring (bicyclic) bond motifs is 1. The van der Waals surface area contributed by atoms with Gasteiger partial charge in [0.25, 0.3) is 5.91 Å². The third kappa shape index (κ3) is 3.75. The number of nitrogens with two attached hydrogens (primary N) is 1. The maximum absolute atomic E-state index is 13.2. The molecule has 1 aliphatic heterocycles. The van der Waals surface area contributed by atoms with E-state index in [2.05, 4.69) is 48.2 Å². The quantitative estimate of drug-likeness (QED) is 0.508. The lowest BCUT2D eigenvalue weighted by atomic mass is 10.1. The van der Waals surface area contributed by atoms with Gasteiger partial charge in [-0.1, -0.05) is 48.0 Å². The van der Waals surface area contributed by atoms with Crippen molar-refractivity contribution in [1.29, 1.82) is 0 Å². The van der Waals surface area contributed by atoms with Gasteiger partial charge in [0, 0.05) is 42.8 Å². The van der Waals surface area contributed by atoms with E-state index < -0.39 is 0 Å². The Bertz CT molecular complexity index is 1230. The minimum Gasteiger partial charge on any atom is -0.397 e. The molecule has 1 aliphatic rings. The summed E-state index contributed by atoms with van der Waals surface area (Å²) >= 11 is 1.39. The Labute approximate surface area is 185 Å². The van der Waals surface area contributed by atoms with Crippen molar-refractivity contribution in [2.24, 2.45) is 0 Å². The van der Waals surface area contributed by atoms with Crippen LogP contribution in [0, 0.1) is 6.92 Å². The van der Waals surface area contributed by atoms with Gasteiger partial charge in [-0.3, -0.25) is 4.79 Å². The fourth-order valence-electron chi connectivity index (χ4n) is 3.99. The van der Waals surface area contributed by atoms with Crippen LogP contribution >= 0.6 is 11.3 Å². The number of amides is 1. The predicted octanol–water partition coefficient (Wildman–Crippen LogP) is 4.82. The van der Waals surface area contributed by atoms with Crippen LogP contribution in [0.4, 0.5) is 11.4 Å². The molecule has 0 radical (unpaired) electrons. The number of nitrogens with zero attached hydrogens (tertiary/aromatic N) is 3. The minimum atomic E-state index is 0.00472. The summed E-state index contributed by atoms with van der Waals surface area (Å²) in [5.41, 5.74) is 11.3. The highest BCUT2D eigenvalue weighted by atomic mass is 32.1. The summed E-state index contributed by atoms with van der Waals surface area (Å²) in [4.78, 5) is 23.6. The molecule has 156 valence electrons. The smallest absolute Gasteiger partial charge is 0.266 e. The summed E-state index contributed by atoms with van der Waals surface area (Å²) in [6.45, 7) is 5.07.